The van der Waals surface area contributed by atoms with Crippen molar-refractivity contribution >= 4 is 94.5 Å². The van der Waals surface area contributed by atoms with E-state index in [1.807, 2.05) is 0 Å². The van der Waals surface area contributed by atoms with Crippen molar-refractivity contribution in [3.63, 3.8) is 0 Å². The largest absolute Gasteiger partial charge is 0.508 e. The zero-order chi connectivity index (χ0) is 70.7. The van der Waals surface area contributed by atoms with Crippen molar-refractivity contribution in [3.05, 3.63) is 48.0 Å². The molecule has 1 aromatic carbocycles. The third-order valence-corrected chi connectivity index (χ3v) is 14.8. The van der Waals surface area contributed by atoms with Crippen LogP contribution in [0.5, 0.6) is 5.75 Å². The van der Waals surface area contributed by atoms with E-state index in [0.717, 1.165) is 6.92 Å². The zero-order valence-corrected chi connectivity index (χ0v) is 53.2. The number of primary amides is 2. The van der Waals surface area contributed by atoms with Gasteiger partial charge in [0, 0.05) is 57.5 Å². The minimum Gasteiger partial charge on any atom is -0.508 e. The SMILES string of the molecule is CCCC(NC(=O)C1CCCN1C(=O)C(NC(=O)C(NC(=O)C(CCC(=O)O)NC(=O)C(CCC(=O)O)NC(C)=O)C(C)C)C(C)C)C(=O)C(=O)NCC(=O)NC(CCC(N)=O)C(=O)NC(Cc1cnc[nH]1)C(=O)NC(Cc1ccc(O)cc1)C(=O)NC(C(N)=O)C(C)O. The quantitative estimate of drug-likeness (QED) is 0.0278. The molecule has 0 aliphatic carbocycles. The Balaban J connectivity index is 1.77. The van der Waals surface area contributed by atoms with Crippen LogP contribution >= 0.6 is 0 Å². The summed E-state index contributed by atoms with van der Waals surface area (Å²) in [5.74, 6) is -18.1. The van der Waals surface area contributed by atoms with Gasteiger partial charge in [0.2, 0.25) is 76.7 Å². The highest BCUT2D eigenvalue weighted by molar-refractivity contribution is 6.38. The summed E-state index contributed by atoms with van der Waals surface area (Å²) < 4.78 is 0. The molecule has 2 aromatic rings. The van der Waals surface area contributed by atoms with E-state index < -0.39 is 212 Å². The van der Waals surface area contributed by atoms with Gasteiger partial charge in [-0.05, 0) is 75.0 Å². The standard InChI is InChI=1S/C59H87N15O20/c1-8-10-35(67-56(91)41-11-9-22-74(41)59(94)47(29(4)5)72-57(92)46(28(2)3)71-53(88)38(18-21-45(82)83)68-51(86)36(65-31(7)76)17-20-44(80)81)49(84)58(93)63-26-43(79)66-37(16-19-42(60)78)52(87)70-40(24-33-25-62-27-64-33)54(89)69-39(23-32-12-14-34(77)15-13-32)55(90)73-48(30(6)75)50(61)85/h12-15,25,27-30,35-41,46-48,75,77H,8-11,16-24,26H2,1-7H3,(H2,60,78)(H2,61,85)(H,62,64)(H,63,93)(H,65,76)(H,66,79)(H,67,91)(H,68,86)(H,69,89)(H,70,87)(H,71,88)(H,72,92)(H,73,90)(H,80,81)(H,82,83). The molecule has 0 spiro atoms. The van der Waals surface area contributed by atoms with Gasteiger partial charge < -0.3 is 94.9 Å². The van der Waals surface area contributed by atoms with Crippen LogP contribution in [-0.2, 0) is 89.6 Å². The van der Waals surface area contributed by atoms with E-state index in [-0.39, 0.29) is 62.9 Å². The summed E-state index contributed by atoms with van der Waals surface area (Å²) in [5.41, 5.74) is 11.5. The van der Waals surface area contributed by atoms with Crippen molar-refractivity contribution in [1.82, 2.24) is 68.0 Å². The van der Waals surface area contributed by atoms with Gasteiger partial charge in [-0.2, -0.15) is 0 Å². The van der Waals surface area contributed by atoms with Gasteiger partial charge >= 0.3 is 11.9 Å². The predicted molar refractivity (Wildman–Crippen MR) is 328 cm³/mol. The first-order valence-electron chi connectivity index (χ1n) is 30.4. The number of benzene rings is 1. The molecule has 11 atom stereocenters. The Morgan fingerprint density at radius 1 is 0.606 bits per heavy atom. The fourth-order valence-electron chi connectivity index (χ4n) is 9.78. The van der Waals surface area contributed by atoms with Crippen molar-refractivity contribution < 1.29 is 97.1 Å². The molecule has 1 fully saturated rings. The number of nitrogens with two attached hydrogens (primary N) is 2. The lowest BCUT2D eigenvalue weighted by Gasteiger charge is -2.33. The predicted octanol–water partition coefficient (Wildman–Crippen LogP) is -5.07. The number of amides is 13. The first-order valence-corrected chi connectivity index (χ1v) is 30.4. The second-order valence-electron chi connectivity index (χ2n) is 23.3. The number of H-pyrrole nitrogens is 1. The van der Waals surface area contributed by atoms with Crippen LogP contribution in [0, 0.1) is 11.8 Å². The minimum atomic E-state index is -1.65. The Morgan fingerprint density at radius 3 is 1.62 bits per heavy atom. The molecule has 2 heterocycles. The number of Topliss-reactive ketones (excluding diaryl/α,β-unsaturated/α-hetero) is 1. The molecular formula is C59H87N15O20. The van der Waals surface area contributed by atoms with Crippen LogP contribution in [0.2, 0.25) is 0 Å². The van der Waals surface area contributed by atoms with Crippen LogP contribution in [0.4, 0.5) is 0 Å². The number of aromatic hydroxyl groups is 1. The maximum atomic E-state index is 14.4. The van der Waals surface area contributed by atoms with Crippen LogP contribution in [0.25, 0.3) is 0 Å². The topological polar surface area (TPSA) is 558 Å². The van der Waals surface area contributed by atoms with Crippen molar-refractivity contribution in [2.24, 2.45) is 23.3 Å². The molecule has 1 saturated heterocycles. The maximum absolute atomic E-state index is 14.4. The van der Waals surface area contributed by atoms with Gasteiger partial charge in [-0.1, -0.05) is 53.2 Å². The van der Waals surface area contributed by atoms with Crippen molar-refractivity contribution in [2.75, 3.05) is 13.1 Å². The summed E-state index contributed by atoms with van der Waals surface area (Å²) in [7, 11) is 0. The first-order chi connectivity index (χ1) is 44.1. The Morgan fingerprint density at radius 2 is 1.11 bits per heavy atom. The minimum absolute atomic E-state index is 0.00265. The van der Waals surface area contributed by atoms with Gasteiger partial charge in [0.25, 0.3) is 5.91 Å². The van der Waals surface area contributed by atoms with Crippen molar-refractivity contribution in [2.45, 2.75) is 192 Å². The highest BCUT2D eigenvalue weighted by Gasteiger charge is 2.42. The molecule has 35 heteroatoms. The lowest BCUT2D eigenvalue weighted by Crippen LogP contribution is -2.61. The van der Waals surface area contributed by atoms with Crippen LogP contribution in [0.1, 0.15) is 124 Å². The molecule has 19 N–H and O–H groups in total. The fraction of sp³-hybridized carbons (Fsp3) is 0.576. The molecule has 1 aliphatic heterocycles. The Labute approximate surface area is 540 Å². The van der Waals surface area contributed by atoms with Crippen LogP contribution in [0.3, 0.4) is 0 Å². The van der Waals surface area contributed by atoms with Gasteiger partial charge in [0.15, 0.2) is 0 Å². The summed E-state index contributed by atoms with van der Waals surface area (Å²) >= 11 is 0. The number of carbonyl (C=O) groups is 16. The van der Waals surface area contributed by atoms with Gasteiger partial charge in [0.1, 0.15) is 60.1 Å². The monoisotopic (exact) mass is 1330 g/mol. The van der Waals surface area contributed by atoms with E-state index in [4.69, 9.17) is 16.6 Å². The summed E-state index contributed by atoms with van der Waals surface area (Å²) in [6.45, 7) is 9.21. The smallest absolute Gasteiger partial charge is 0.303 e. The number of likely N-dealkylation sites (tertiary alicyclic amines) is 1. The number of nitrogens with zero attached hydrogens (tertiary/aromatic N) is 2. The van der Waals surface area contributed by atoms with Crippen LogP contribution in [-0.4, -0.2) is 209 Å². The number of aliphatic hydroxyl groups excluding tert-OH is 1. The number of aromatic amines is 1. The number of phenols is 1. The number of phenolic OH excluding ortho intramolecular Hbond substituents is 1. The number of hydrogen-bond donors (Lipinski definition) is 17. The van der Waals surface area contributed by atoms with Crippen LogP contribution < -0.4 is 64.6 Å². The summed E-state index contributed by atoms with van der Waals surface area (Å²) in [6, 6.07) is -9.39. The number of rotatable bonds is 40. The number of nitrogens with one attached hydrogen (secondary N) is 11. The van der Waals surface area contributed by atoms with Crippen molar-refractivity contribution in [1.29, 1.82) is 0 Å². The molecule has 94 heavy (non-hydrogen) atoms. The van der Waals surface area contributed by atoms with E-state index >= 15 is 0 Å². The van der Waals surface area contributed by atoms with Crippen molar-refractivity contribution in [3.8, 4) is 5.75 Å². The average Bonchev–Trinajstić information content (AvgIpc) is 1.50. The molecule has 0 saturated carbocycles. The Bertz CT molecular complexity index is 3050. The number of aromatic nitrogens is 2. The number of aliphatic carboxylic acids is 2. The Kier molecular flexibility index (Phi) is 31.6. The molecule has 1 aliphatic rings. The summed E-state index contributed by atoms with van der Waals surface area (Å²) in [6.07, 6.45) is -2.02. The van der Waals surface area contributed by atoms with Gasteiger partial charge in [0.05, 0.1) is 25.0 Å². The number of imidazole rings is 1. The molecule has 35 nitrogen and oxygen atoms in total. The van der Waals surface area contributed by atoms with E-state index in [2.05, 4.69) is 63.1 Å². The number of carbonyl (C=O) groups excluding carboxylic acids is 14. The first kappa shape index (κ1) is 78.2. The summed E-state index contributed by atoms with van der Waals surface area (Å²) in [5, 5.41) is 62.6. The third-order valence-electron chi connectivity index (χ3n) is 14.8. The number of hydrogen-bond acceptors (Lipinski definition) is 19. The number of carboxylic acid groups (broad SMARTS) is 2. The Hall–Kier alpha value is -10.1. The summed E-state index contributed by atoms with van der Waals surface area (Å²) in [4.78, 5) is 219. The fourth-order valence-corrected chi connectivity index (χ4v) is 9.78. The van der Waals surface area contributed by atoms with E-state index in [1.165, 1.54) is 48.6 Å². The lowest BCUT2D eigenvalue weighted by molar-refractivity contribution is -0.144. The second kappa shape index (κ2) is 38.1. The number of aliphatic hydroxyl groups is 1. The second-order valence-corrected chi connectivity index (χ2v) is 23.3. The molecular weight excluding hydrogens is 1240 g/mol. The number of ketones is 1. The van der Waals surface area contributed by atoms with E-state index in [0.29, 0.717) is 5.56 Å². The highest BCUT2D eigenvalue weighted by atomic mass is 16.4. The van der Waals surface area contributed by atoms with E-state index in [9.17, 15) is 92.0 Å². The van der Waals surface area contributed by atoms with Gasteiger partial charge in [-0.3, -0.25) is 76.7 Å². The normalized spacial score (nSPS) is 15.9. The molecule has 0 radical (unpaired) electrons. The molecule has 11 unspecified atom stereocenters. The van der Waals surface area contributed by atoms with Crippen LogP contribution in [0.15, 0.2) is 36.8 Å². The maximum Gasteiger partial charge on any atom is 0.303 e. The molecule has 1 aromatic heterocycles. The lowest BCUT2D eigenvalue weighted by atomic mass is 9.98. The zero-order valence-electron chi connectivity index (χ0n) is 53.2. The third kappa shape index (κ3) is 25.9. The average molecular weight is 1330 g/mol. The molecule has 13 amide bonds. The van der Waals surface area contributed by atoms with E-state index in [1.54, 1.807) is 34.6 Å². The molecule has 0 bridgehead atoms. The number of carboxylic acids is 2. The molecule has 3 rings (SSSR count). The van der Waals surface area contributed by atoms with Gasteiger partial charge in [-0.25, -0.2) is 4.98 Å². The molecule has 518 valence electrons. The highest BCUT2D eigenvalue weighted by Crippen LogP contribution is 2.22. The van der Waals surface area contributed by atoms with Gasteiger partial charge in [-0.15, -0.1) is 0 Å².